The van der Waals surface area contributed by atoms with E-state index in [1.54, 1.807) is 6.07 Å². The first kappa shape index (κ1) is 14.4. The van der Waals surface area contributed by atoms with Gasteiger partial charge < -0.3 is 9.84 Å². The van der Waals surface area contributed by atoms with E-state index in [4.69, 9.17) is 21.4 Å². The largest absolute Gasteiger partial charge is 0.486 e. The first-order chi connectivity index (χ1) is 9.70. The third-order valence-electron chi connectivity index (χ3n) is 2.58. The molecule has 4 heteroatoms. The second kappa shape index (κ2) is 6.95. The van der Waals surface area contributed by atoms with Gasteiger partial charge in [-0.15, -0.1) is 0 Å². The SMILES string of the molecule is OCC#Cc1ccc(F)c(OCc2ccccc2Cl)c1. The van der Waals surface area contributed by atoms with Gasteiger partial charge in [0.25, 0.3) is 0 Å². The molecule has 2 rings (SSSR count). The van der Waals surface area contributed by atoms with Crippen LogP contribution >= 0.6 is 11.6 Å². The lowest BCUT2D eigenvalue weighted by Crippen LogP contribution is -1.98. The van der Waals surface area contributed by atoms with Crippen molar-refractivity contribution in [3.8, 4) is 17.6 Å². The lowest BCUT2D eigenvalue weighted by molar-refractivity contribution is 0.290. The molecule has 0 bridgehead atoms. The highest BCUT2D eigenvalue weighted by Gasteiger charge is 2.06. The van der Waals surface area contributed by atoms with E-state index in [2.05, 4.69) is 11.8 Å². The third-order valence-corrected chi connectivity index (χ3v) is 2.95. The number of aliphatic hydroxyl groups excluding tert-OH is 1. The van der Waals surface area contributed by atoms with Crippen LogP contribution in [0.3, 0.4) is 0 Å². The zero-order chi connectivity index (χ0) is 14.4. The van der Waals surface area contributed by atoms with E-state index in [1.165, 1.54) is 18.2 Å². The summed E-state index contributed by atoms with van der Waals surface area (Å²) in [6.07, 6.45) is 0. The number of hydrogen-bond acceptors (Lipinski definition) is 2. The molecule has 0 unspecified atom stereocenters. The Hall–Kier alpha value is -2.02. The lowest BCUT2D eigenvalue weighted by atomic mass is 10.2. The summed E-state index contributed by atoms with van der Waals surface area (Å²) in [7, 11) is 0. The molecule has 0 spiro atoms. The Balaban J connectivity index is 2.15. The van der Waals surface area contributed by atoms with Crippen molar-refractivity contribution in [1.82, 2.24) is 0 Å². The molecule has 0 radical (unpaired) electrons. The summed E-state index contributed by atoms with van der Waals surface area (Å²) in [6, 6.07) is 11.5. The minimum absolute atomic E-state index is 0.106. The molecular weight excluding hydrogens is 279 g/mol. The molecule has 0 aliphatic heterocycles. The molecule has 1 N–H and O–H groups in total. The van der Waals surface area contributed by atoms with Gasteiger partial charge >= 0.3 is 0 Å². The third kappa shape index (κ3) is 3.74. The van der Waals surface area contributed by atoms with Crippen molar-refractivity contribution in [1.29, 1.82) is 0 Å². The fourth-order valence-electron chi connectivity index (χ4n) is 1.60. The second-order valence-corrected chi connectivity index (χ2v) is 4.39. The second-order valence-electron chi connectivity index (χ2n) is 3.99. The van der Waals surface area contributed by atoms with E-state index in [9.17, 15) is 4.39 Å². The molecule has 0 aliphatic rings. The number of rotatable bonds is 3. The van der Waals surface area contributed by atoms with Crippen LogP contribution in [0.15, 0.2) is 42.5 Å². The van der Waals surface area contributed by atoms with Crippen molar-refractivity contribution in [2.75, 3.05) is 6.61 Å². The van der Waals surface area contributed by atoms with Crippen LogP contribution in [0.5, 0.6) is 5.75 Å². The summed E-state index contributed by atoms with van der Waals surface area (Å²) in [6.45, 7) is -0.0688. The van der Waals surface area contributed by atoms with Crippen LogP contribution in [0.2, 0.25) is 5.02 Å². The maximum absolute atomic E-state index is 13.6. The normalized spacial score (nSPS) is 9.75. The van der Waals surface area contributed by atoms with Crippen LogP contribution in [0, 0.1) is 17.7 Å². The molecule has 0 atom stereocenters. The van der Waals surface area contributed by atoms with Crippen molar-refractivity contribution in [3.05, 3.63) is 64.4 Å². The number of benzene rings is 2. The standard InChI is InChI=1S/C16H12ClFO2/c17-14-6-2-1-5-13(14)11-20-16-10-12(4-3-9-19)7-8-15(16)18/h1-2,5-8,10,19H,9,11H2. The summed E-state index contributed by atoms with van der Waals surface area (Å²) in [5, 5.41) is 9.21. The Morgan fingerprint density at radius 2 is 2.00 bits per heavy atom. The molecule has 2 nitrogen and oxygen atoms in total. The Labute approximate surface area is 121 Å². The molecule has 0 fully saturated rings. The van der Waals surface area contributed by atoms with Crippen molar-refractivity contribution in [2.24, 2.45) is 0 Å². The van der Waals surface area contributed by atoms with Gasteiger partial charge in [0.05, 0.1) is 0 Å². The molecule has 0 amide bonds. The first-order valence-corrected chi connectivity index (χ1v) is 6.34. The highest BCUT2D eigenvalue weighted by atomic mass is 35.5. The topological polar surface area (TPSA) is 29.5 Å². The Bertz CT molecular complexity index is 659. The fraction of sp³-hybridized carbons (Fsp3) is 0.125. The van der Waals surface area contributed by atoms with Gasteiger partial charge in [-0.05, 0) is 24.3 Å². The molecule has 0 heterocycles. The molecule has 0 aliphatic carbocycles. The van der Waals surface area contributed by atoms with Gasteiger partial charge in [0, 0.05) is 16.1 Å². The highest BCUT2D eigenvalue weighted by molar-refractivity contribution is 6.31. The smallest absolute Gasteiger partial charge is 0.165 e. The Morgan fingerprint density at radius 1 is 1.20 bits per heavy atom. The minimum Gasteiger partial charge on any atom is -0.486 e. The summed E-state index contributed by atoms with van der Waals surface area (Å²) in [5.74, 6) is 4.84. The average Bonchev–Trinajstić information content (AvgIpc) is 2.46. The molecular formula is C16H12ClFO2. The van der Waals surface area contributed by atoms with E-state index in [1.807, 2.05) is 18.2 Å². The molecule has 20 heavy (non-hydrogen) atoms. The predicted octanol–water partition coefficient (Wildman–Crippen LogP) is 3.40. The van der Waals surface area contributed by atoms with Gasteiger partial charge in [-0.1, -0.05) is 41.6 Å². The zero-order valence-corrected chi connectivity index (χ0v) is 11.3. The van der Waals surface area contributed by atoms with Crippen LogP contribution in [-0.2, 0) is 6.61 Å². The summed E-state index contributed by atoms with van der Waals surface area (Å²) in [5.41, 5.74) is 1.36. The van der Waals surface area contributed by atoms with Crippen molar-refractivity contribution in [2.45, 2.75) is 6.61 Å². The van der Waals surface area contributed by atoms with Crippen LogP contribution < -0.4 is 4.74 Å². The van der Waals surface area contributed by atoms with Crippen LogP contribution in [0.1, 0.15) is 11.1 Å². The van der Waals surface area contributed by atoms with Gasteiger partial charge in [0.1, 0.15) is 13.2 Å². The quantitative estimate of drug-likeness (QED) is 0.878. The van der Waals surface area contributed by atoms with Crippen molar-refractivity contribution < 1.29 is 14.2 Å². The fourth-order valence-corrected chi connectivity index (χ4v) is 1.79. The number of aliphatic hydroxyl groups is 1. The minimum atomic E-state index is -0.466. The molecule has 0 aromatic heterocycles. The zero-order valence-electron chi connectivity index (χ0n) is 10.6. The lowest BCUT2D eigenvalue weighted by Gasteiger charge is -2.09. The summed E-state index contributed by atoms with van der Waals surface area (Å²) in [4.78, 5) is 0. The Morgan fingerprint density at radius 3 is 2.75 bits per heavy atom. The van der Waals surface area contributed by atoms with Crippen molar-refractivity contribution >= 4 is 11.6 Å². The Kier molecular flexibility index (Phi) is 5.00. The monoisotopic (exact) mass is 290 g/mol. The molecule has 0 saturated carbocycles. The number of ether oxygens (including phenoxy) is 1. The number of hydrogen-bond donors (Lipinski definition) is 1. The molecule has 2 aromatic carbocycles. The van der Waals surface area contributed by atoms with Crippen LogP contribution in [0.25, 0.3) is 0 Å². The first-order valence-electron chi connectivity index (χ1n) is 5.96. The van der Waals surface area contributed by atoms with E-state index in [0.29, 0.717) is 10.6 Å². The van der Waals surface area contributed by atoms with Gasteiger partial charge in [0.2, 0.25) is 0 Å². The number of halogens is 2. The van der Waals surface area contributed by atoms with Crippen LogP contribution in [0.4, 0.5) is 4.39 Å². The average molecular weight is 291 g/mol. The highest BCUT2D eigenvalue weighted by Crippen LogP contribution is 2.22. The molecule has 102 valence electrons. The van der Waals surface area contributed by atoms with E-state index < -0.39 is 5.82 Å². The maximum atomic E-state index is 13.6. The van der Waals surface area contributed by atoms with Gasteiger partial charge in [-0.2, -0.15) is 0 Å². The van der Waals surface area contributed by atoms with Crippen molar-refractivity contribution in [3.63, 3.8) is 0 Å². The van der Waals surface area contributed by atoms with E-state index >= 15 is 0 Å². The van der Waals surface area contributed by atoms with Gasteiger partial charge in [-0.25, -0.2) is 4.39 Å². The molecule has 2 aromatic rings. The molecule has 0 saturated heterocycles. The van der Waals surface area contributed by atoms with E-state index in [0.717, 1.165) is 5.56 Å². The van der Waals surface area contributed by atoms with E-state index in [-0.39, 0.29) is 19.0 Å². The summed E-state index contributed by atoms with van der Waals surface area (Å²) >= 11 is 6.01. The predicted molar refractivity (Wildman–Crippen MR) is 76.1 cm³/mol. The summed E-state index contributed by atoms with van der Waals surface area (Å²) < 4.78 is 19.1. The van der Waals surface area contributed by atoms with Gasteiger partial charge in [0.15, 0.2) is 11.6 Å². The maximum Gasteiger partial charge on any atom is 0.165 e. The van der Waals surface area contributed by atoms with Gasteiger partial charge in [-0.3, -0.25) is 0 Å². The van der Waals surface area contributed by atoms with Crippen LogP contribution in [-0.4, -0.2) is 11.7 Å².